The van der Waals surface area contributed by atoms with Gasteiger partial charge in [-0.05, 0) is 111 Å². The Kier molecular flexibility index (Phi) is 8.82. The molecule has 8 nitrogen and oxygen atoms in total. The minimum atomic E-state index is -0.203. The van der Waals surface area contributed by atoms with Crippen LogP contribution in [-0.2, 0) is 17.3 Å². The molecular formula is C42H51N7O. The summed E-state index contributed by atoms with van der Waals surface area (Å²) in [4.78, 5) is 16.3. The first-order chi connectivity index (χ1) is 23.3. The average Bonchev–Trinajstić information content (AvgIpc) is 3.64. The van der Waals surface area contributed by atoms with Gasteiger partial charge >= 0.3 is 0 Å². The Morgan fingerprint density at radius 3 is 1.34 bits per heavy atom. The van der Waals surface area contributed by atoms with Crippen molar-refractivity contribution in [3.8, 4) is 11.4 Å². The smallest absolute Gasteiger partial charge is 0.139 e. The summed E-state index contributed by atoms with van der Waals surface area (Å²) in [6, 6.07) is 24.5. The summed E-state index contributed by atoms with van der Waals surface area (Å²) in [6.45, 7) is 24.9. The highest BCUT2D eigenvalue weighted by atomic mass is 16.3. The number of rotatable bonds is 9. The molecule has 0 aliphatic rings. The van der Waals surface area contributed by atoms with E-state index in [9.17, 15) is 4.91 Å². The number of nitroso groups, excluding NO2 is 1. The Balaban J connectivity index is 1.58. The SMILES string of the molecule is Cc1c(Cc2cc(C(C)(C)CC(C)(C)C)cc(-n3nc4ccccc4n3)c2N=O)cc(C(C)(C)CC(C)(C)C)cc1-n1nc2ccccc2n1. The van der Waals surface area contributed by atoms with E-state index in [-0.39, 0.29) is 21.7 Å². The van der Waals surface area contributed by atoms with Gasteiger partial charge in [0.2, 0.25) is 0 Å². The van der Waals surface area contributed by atoms with E-state index in [2.05, 4.69) is 106 Å². The Bertz CT molecular complexity index is 2140. The predicted octanol–water partition coefficient (Wildman–Crippen LogP) is 10.9. The second-order valence-corrected chi connectivity index (χ2v) is 17.7. The van der Waals surface area contributed by atoms with Gasteiger partial charge in [-0.25, -0.2) is 0 Å². The molecule has 2 heterocycles. The summed E-state index contributed by atoms with van der Waals surface area (Å²) >= 11 is 0. The molecule has 8 heteroatoms. The van der Waals surface area contributed by atoms with Crippen molar-refractivity contribution in [2.75, 3.05) is 0 Å². The summed E-state index contributed by atoms with van der Waals surface area (Å²) in [5.41, 5.74) is 10.3. The maximum absolute atomic E-state index is 12.9. The summed E-state index contributed by atoms with van der Waals surface area (Å²) in [6.07, 6.45) is 2.42. The van der Waals surface area contributed by atoms with Crippen LogP contribution in [0, 0.1) is 22.7 Å². The fourth-order valence-electron chi connectivity index (χ4n) is 8.00. The number of hydrogen-bond acceptors (Lipinski definition) is 6. The monoisotopic (exact) mass is 669 g/mol. The third-order valence-corrected chi connectivity index (χ3v) is 9.64. The van der Waals surface area contributed by atoms with E-state index in [1.54, 1.807) is 9.59 Å². The topological polar surface area (TPSA) is 90.8 Å². The van der Waals surface area contributed by atoms with Crippen molar-refractivity contribution in [2.45, 2.75) is 106 Å². The Labute approximate surface area is 296 Å². The van der Waals surface area contributed by atoms with Crippen LogP contribution in [0.1, 0.15) is 110 Å². The van der Waals surface area contributed by atoms with Gasteiger partial charge in [-0.1, -0.05) is 106 Å². The van der Waals surface area contributed by atoms with E-state index in [1.165, 1.54) is 5.56 Å². The van der Waals surface area contributed by atoms with Gasteiger partial charge in [-0.3, -0.25) is 0 Å². The molecule has 0 bridgehead atoms. The van der Waals surface area contributed by atoms with Gasteiger partial charge in [-0.15, -0.1) is 30.1 Å². The molecule has 0 aliphatic carbocycles. The second kappa shape index (κ2) is 12.6. The molecule has 0 N–H and O–H groups in total. The van der Waals surface area contributed by atoms with Crippen LogP contribution in [0.3, 0.4) is 0 Å². The minimum Gasteiger partial charge on any atom is -0.150 e. The van der Waals surface area contributed by atoms with Crippen molar-refractivity contribution in [1.29, 1.82) is 0 Å². The van der Waals surface area contributed by atoms with Gasteiger partial charge < -0.3 is 0 Å². The van der Waals surface area contributed by atoms with Gasteiger partial charge in [0.15, 0.2) is 0 Å². The highest BCUT2D eigenvalue weighted by molar-refractivity contribution is 5.75. The van der Waals surface area contributed by atoms with Crippen molar-refractivity contribution in [1.82, 2.24) is 30.0 Å². The van der Waals surface area contributed by atoms with Crippen molar-refractivity contribution in [2.24, 2.45) is 16.0 Å². The zero-order valence-electron chi connectivity index (χ0n) is 31.6. The number of fused-ring (bicyclic) bond motifs is 2. The molecule has 0 atom stereocenters. The number of aromatic nitrogens is 6. The second-order valence-electron chi connectivity index (χ2n) is 17.7. The van der Waals surface area contributed by atoms with Gasteiger partial charge in [0.25, 0.3) is 0 Å². The fourth-order valence-corrected chi connectivity index (χ4v) is 8.00. The van der Waals surface area contributed by atoms with Crippen LogP contribution >= 0.6 is 0 Å². The average molecular weight is 670 g/mol. The molecule has 2 aromatic heterocycles. The van der Waals surface area contributed by atoms with E-state index in [1.807, 2.05) is 48.5 Å². The molecule has 0 spiro atoms. The Morgan fingerprint density at radius 1 is 0.560 bits per heavy atom. The Morgan fingerprint density at radius 2 is 0.940 bits per heavy atom. The van der Waals surface area contributed by atoms with Crippen LogP contribution in [-0.4, -0.2) is 30.0 Å². The first kappa shape index (κ1) is 35.1. The molecule has 4 aromatic carbocycles. The summed E-state index contributed by atoms with van der Waals surface area (Å²) in [5, 5.41) is 23.1. The highest BCUT2D eigenvalue weighted by Crippen LogP contribution is 2.42. The molecular weight excluding hydrogens is 619 g/mol. The van der Waals surface area contributed by atoms with Crippen LogP contribution in [0.25, 0.3) is 33.4 Å². The van der Waals surface area contributed by atoms with Gasteiger partial charge in [-0.2, -0.15) is 4.80 Å². The van der Waals surface area contributed by atoms with Gasteiger partial charge in [0, 0.05) is 6.42 Å². The predicted molar refractivity (Wildman–Crippen MR) is 205 cm³/mol. The van der Waals surface area contributed by atoms with Crippen LogP contribution in [0.5, 0.6) is 0 Å². The molecule has 260 valence electrons. The molecule has 0 fully saturated rings. The minimum absolute atomic E-state index is 0.0861. The van der Waals surface area contributed by atoms with Crippen LogP contribution < -0.4 is 0 Å². The molecule has 0 saturated carbocycles. The van der Waals surface area contributed by atoms with Crippen LogP contribution in [0.15, 0.2) is 78.0 Å². The quantitative estimate of drug-likeness (QED) is 0.143. The maximum atomic E-state index is 12.9. The number of hydrogen-bond donors (Lipinski definition) is 0. The number of nitrogens with zero attached hydrogens (tertiary/aromatic N) is 7. The van der Waals surface area contributed by atoms with Crippen molar-refractivity contribution in [3.63, 3.8) is 0 Å². The summed E-state index contributed by atoms with van der Waals surface area (Å²) in [5.74, 6) is 0. The van der Waals surface area contributed by atoms with Crippen molar-refractivity contribution in [3.05, 3.63) is 106 Å². The lowest BCUT2D eigenvalue weighted by Gasteiger charge is -2.34. The fraction of sp³-hybridized carbons (Fsp3) is 0.429. The maximum Gasteiger partial charge on any atom is 0.139 e. The molecule has 0 radical (unpaired) electrons. The standard InChI is InChI=1S/C42H51N7O/c1-27-28(21-30(41(8,9)25-39(2,3)4)23-36(27)48-43-32-16-12-13-17-33(32)44-48)20-29-22-31(42(10,11)26-40(5,6)7)24-37(38(29)47-50)49-45-34-18-14-15-19-35(34)46-49/h12-19,21-24H,20,25-26H2,1-11H3. The first-order valence-corrected chi connectivity index (χ1v) is 17.6. The van der Waals surface area contributed by atoms with Crippen molar-refractivity contribution >= 4 is 27.8 Å². The molecule has 6 aromatic rings. The van der Waals surface area contributed by atoms with E-state index >= 15 is 0 Å². The van der Waals surface area contributed by atoms with Crippen LogP contribution in [0.4, 0.5) is 5.69 Å². The van der Waals surface area contributed by atoms with E-state index in [0.29, 0.717) is 17.8 Å². The lowest BCUT2D eigenvalue weighted by atomic mass is 9.71. The van der Waals surface area contributed by atoms with E-state index < -0.39 is 0 Å². The zero-order chi connectivity index (χ0) is 36.2. The lowest BCUT2D eigenvalue weighted by molar-refractivity contribution is 0.283. The zero-order valence-corrected chi connectivity index (χ0v) is 31.6. The van der Waals surface area contributed by atoms with E-state index in [0.717, 1.165) is 62.8 Å². The Hall–Kier alpha value is -4.72. The summed E-state index contributed by atoms with van der Waals surface area (Å²) in [7, 11) is 0. The van der Waals surface area contributed by atoms with E-state index in [4.69, 9.17) is 20.4 Å². The third kappa shape index (κ3) is 7.25. The number of benzene rings is 4. The van der Waals surface area contributed by atoms with Crippen LogP contribution in [0.2, 0.25) is 0 Å². The van der Waals surface area contributed by atoms with Gasteiger partial charge in [0.05, 0.1) is 5.69 Å². The van der Waals surface area contributed by atoms with Gasteiger partial charge in [0.1, 0.15) is 33.4 Å². The lowest BCUT2D eigenvalue weighted by Crippen LogP contribution is -2.26. The molecule has 0 unspecified atom stereocenters. The normalized spacial score (nSPS) is 13.0. The molecule has 6 rings (SSSR count). The molecule has 0 amide bonds. The largest absolute Gasteiger partial charge is 0.150 e. The highest BCUT2D eigenvalue weighted by Gasteiger charge is 2.32. The molecule has 0 saturated heterocycles. The molecule has 50 heavy (non-hydrogen) atoms. The molecule has 0 aliphatic heterocycles. The van der Waals surface area contributed by atoms with Crippen molar-refractivity contribution < 1.29 is 0 Å². The summed E-state index contributed by atoms with van der Waals surface area (Å²) < 4.78 is 0. The first-order valence-electron chi connectivity index (χ1n) is 17.6. The third-order valence-electron chi connectivity index (χ3n) is 9.64.